The van der Waals surface area contributed by atoms with E-state index in [1.165, 1.54) is 4.90 Å². The molecule has 1 aromatic carbocycles. The molecule has 0 spiro atoms. The minimum Gasteiger partial charge on any atom is -0.481 e. The van der Waals surface area contributed by atoms with Crippen molar-refractivity contribution >= 4 is 17.8 Å². The van der Waals surface area contributed by atoms with Crippen molar-refractivity contribution in [1.82, 2.24) is 4.90 Å². The number of carboxylic acids is 1. The van der Waals surface area contributed by atoms with Gasteiger partial charge in [0, 0.05) is 13.0 Å². The Kier molecular flexibility index (Phi) is 3.64. The second-order valence-corrected chi connectivity index (χ2v) is 4.80. The van der Waals surface area contributed by atoms with E-state index in [2.05, 4.69) is 0 Å². The van der Waals surface area contributed by atoms with E-state index < -0.39 is 5.97 Å². The molecule has 0 aromatic heterocycles. The molecule has 2 amide bonds. The second-order valence-electron chi connectivity index (χ2n) is 4.80. The first-order chi connectivity index (χ1) is 9.00. The second kappa shape index (κ2) is 5.22. The number of rotatable bonds is 5. The number of hydrogen-bond acceptors (Lipinski definition) is 3. The number of amides is 2. The van der Waals surface area contributed by atoms with Gasteiger partial charge >= 0.3 is 5.97 Å². The Morgan fingerprint density at radius 2 is 1.74 bits per heavy atom. The molecule has 19 heavy (non-hydrogen) atoms. The quantitative estimate of drug-likeness (QED) is 0.820. The lowest BCUT2D eigenvalue weighted by molar-refractivity contribution is -0.138. The fraction of sp³-hybridized carbons (Fsp3) is 0.357. The molecular formula is C14H15NO4. The fourth-order valence-electron chi connectivity index (χ4n) is 2.19. The Bertz CT molecular complexity index is 503. The summed E-state index contributed by atoms with van der Waals surface area (Å²) in [7, 11) is 0. The first-order valence-corrected chi connectivity index (χ1v) is 6.17. The van der Waals surface area contributed by atoms with Crippen molar-refractivity contribution in [2.24, 2.45) is 5.92 Å². The van der Waals surface area contributed by atoms with Crippen LogP contribution in [0.4, 0.5) is 0 Å². The SMILES string of the molecule is C[C@@H](CCN1C(=O)c2ccccc2C1=O)CC(=O)O. The summed E-state index contributed by atoms with van der Waals surface area (Å²) in [6.07, 6.45) is 0.543. The summed E-state index contributed by atoms with van der Waals surface area (Å²) in [6.45, 7) is 2.06. The normalized spacial score (nSPS) is 15.5. The molecule has 2 rings (SSSR count). The zero-order chi connectivity index (χ0) is 14.0. The summed E-state index contributed by atoms with van der Waals surface area (Å²) in [4.78, 5) is 35.8. The predicted octanol–water partition coefficient (Wildman–Crippen LogP) is 1.78. The van der Waals surface area contributed by atoms with E-state index >= 15 is 0 Å². The van der Waals surface area contributed by atoms with E-state index in [1.807, 2.05) is 0 Å². The number of carbonyl (C=O) groups is 3. The molecule has 1 atom stereocenters. The molecule has 0 bridgehead atoms. The standard InChI is InChI=1S/C14H15NO4/c1-9(8-12(16)17)6-7-15-13(18)10-4-2-3-5-11(10)14(15)19/h2-5,9H,6-8H2,1H3,(H,16,17)/t9-/m0/s1. The topological polar surface area (TPSA) is 74.7 Å². The first kappa shape index (κ1) is 13.3. The molecule has 0 aliphatic carbocycles. The van der Waals surface area contributed by atoms with Crippen LogP contribution in [0.2, 0.25) is 0 Å². The minimum atomic E-state index is -0.866. The van der Waals surface area contributed by atoms with E-state index in [0.717, 1.165) is 0 Å². The van der Waals surface area contributed by atoms with Crippen LogP contribution < -0.4 is 0 Å². The van der Waals surface area contributed by atoms with E-state index in [-0.39, 0.29) is 30.7 Å². The summed E-state index contributed by atoms with van der Waals surface area (Å²) >= 11 is 0. The molecule has 1 N–H and O–H groups in total. The molecule has 5 heteroatoms. The van der Waals surface area contributed by atoms with Gasteiger partial charge in [-0.15, -0.1) is 0 Å². The van der Waals surface area contributed by atoms with Crippen LogP contribution in [0.5, 0.6) is 0 Å². The molecule has 1 aliphatic heterocycles. The van der Waals surface area contributed by atoms with Crippen LogP contribution >= 0.6 is 0 Å². The van der Waals surface area contributed by atoms with Crippen molar-refractivity contribution in [3.05, 3.63) is 35.4 Å². The Hall–Kier alpha value is -2.17. The van der Waals surface area contributed by atoms with Crippen molar-refractivity contribution in [3.8, 4) is 0 Å². The van der Waals surface area contributed by atoms with Gasteiger partial charge in [0.1, 0.15) is 0 Å². The van der Waals surface area contributed by atoms with E-state index in [1.54, 1.807) is 31.2 Å². The molecular weight excluding hydrogens is 246 g/mol. The van der Waals surface area contributed by atoms with Gasteiger partial charge in [0.15, 0.2) is 0 Å². The van der Waals surface area contributed by atoms with Gasteiger partial charge in [-0.2, -0.15) is 0 Å². The van der Waals surface area contributed by atoms with Crippen molar-refractivity contribution in [2.75, 3.05) is 6.54 Å². The van der Waals surface area contributed by atoms with Crippen molar-refractivity contribution in [1.29, 1.82) is 0 Å². The lowest BCUT2D eigenvalue weighted by atomic mass is 10.0. The lowest BCUT2D eigenvalue weighted by Crippen LogP contribution is -2.31. The highest BCUT2D eigenvalue weighted by Crippen LogP contribution is 2.23. The predicted molar refractivity (Wildman–Crippen MR) is 67.8 cm³/mol. The van der Waals surface area contributed by atoms with Gasteiger partial charge in [-0.1, -0.05) is 19.1 Å². The Balaban J connectivity index is 2.02. The number of aliphatic carboxylic acids is 1. The average Bonchev–Trinajstić information content (AvgIpc) is 2.60. The third-order valence-electron chi connectivity index (χ3n) is 3.25. The van der Waals surface area contributed by atoms with Crippen LogP contribution in [0.3, 0.4) is 0 Å². The highest BCUT2D eigenvalue weighted by Gasteiger charge is 2.34. The van der Waals surface area contributed by atoms with Gasteiger partial charge in [-0.3, -0.25) is 19.3 Å². The highest BCUT2D eigenvalue weighted by atomic mass is 16.4. The Labute approximate surface area is 110 Å². The molecule has 0 fully saturated rings. The van der Waals surface area contributed by atoms with Crippen LogP contribution in [-0.2, 0) is 4.79 Å². The molecule has 5 nitrogen and oxygen atoms in total. The third-order valence-corrected chi connectivity index (χ3v) is 3.25. The lowest BCUT2D eigenvalue weighted by Gasteiger charge is -2.16. The monoisotopic (exact) mass is 261 g/mol. The first-order valence-electron chi connectivity index (χ1n) is 6.17. The summed E-state index contributed by atoms with van der Waals surface area (Å²) in [5.74, 6) is -1.51. The van der Waals surface area contributed by atoms with E-state index in [9.17, 15) is 14.4 Å². The third kappa shape index (κ3) is 2.65. The van der Waals surface area contributed by atoms with Gasteiger partial charge in [0.05, 0.1) is 11.1 Å². The molecule has 1 heterocycles. The molecule has 0 saturated heterocycles. The number of imide groups is 1. The summed E-state index contributed by atoms with van der Waals surface area (Å²) < 4.78 is 0. The Morgan fingerprint density at radius 1 is 1.21 bits per heavy atom. The van der Waals surface area contributed by atoms with Crippen LogP contribution in [0.15, 0.2) is 24.3 Å². The number of nitrogens with zero attached hydrogens (tertiary/aromatic N) is 1. The maximum Gasteiger partial charge on any atom is 0.303 e. The number of carboxylic acid groups (broad SMARTS) is 1. The highest BCUT2D eigenvalue weighted by molar-refractivity contribution is 6.21. The summed E-state index contributed by atoms with van der Waals surface area (Å²) in [5.41, 5.74) is 0.858. The van der Waals surface area contributed by atoms with Crippen molar-refractivity contribution in [3.63, 3.8) is 0 Å². The summed E-state index contributed by atoms with van der Waals surface area (Å²) in [6, 6.07) is 6.72. The molecule has 0 radical (unpaired) electrons. The van der Waals surface area contributed by atoms with Gasteiger partial charge < -0.3 is 5.11 Å². The van der Waals surface area contributed by atoms with E-state index in [4.69, 9.17) is 5.11 Å². The zero-order valence-corrected chi connectivity index (χ0v) is 10.6. The fourth-order valence-corrected chi connectivity index (χ4v) is 2.19. The van der Waals surface area contributed by atoms with Crippen LogP contribution in [0.25, 0.3) is 0 Å². The number of fused-ring (bicyclic) bond motifs is 1. The van der Waals surface area contributed by atoms with Crippen LogP contribution in [0.1, 0.15) is 40.5 Å². The van der Waals surface area contributed by atoms with Crippen LogP contribution in [-0.4, -0.2) is 34.3 Å². The number of benzene rings is 1. The maximum absolute atomic E-state index is 12.0. The van der Waals surface area contributed by atoms with Gasteiger partial charge in [0.2, 0.25) is 0 Å². The van der Waals surface area contributed by atoms with Crippen LogP contribution in [0, 0.1) is 5.92 Å². The summed E-state index contributed by atoms with van der Waals surface area (Å²) in [5, 5.41) is 8.67. The van der Waals surface area contributed by atoms with Gasteiger partial charge in [-0.05, 0) is 24.5 Å². The number of carbonyl (C=O) groups excluding carboxylic acids is 2. The molecule has 1 aromatic rings. The molecule has 0 saturated carbocycles. The molecule has 0 unspecified atom stereocenters. The van der Waals surface area contributed by atoms with Crippen molar-refractivity contribution in [2.45, 2.75) is 19.8 Å². The molecule has 100 valence electrons. The maximum atomic E-state index is 12.0. The minimum absolute atomic E-state index is 0.0448. The molecule has 1 aliphatic rings. The number of hydrogen-bond donors (Lipinski definition) is 1. The van der Waals surface area contributed by atoms with E-state index in [0.29, 0.717) is 17.5 Å². The van der Waals surface area contributed by atoms with Crippen molar-refractivity contribution < 1.29 is 19.5 Å². The Morgan fingerprint density at radius 3 is 2.21 bits per heavy atom. The van der Waals surface area contributed by atoms with Gasteiger partial charge in [0.25, 0.3) is 11.8 Å². The van der Waals surface area contributed by atoms with Gasteiger partial charge in [-0.25, -0.2) is 0 Å². The zero-order valence-electron chi connectivity index (χ0n) is 10.6. The average molecular weight is 261 g/mol. The smallest absolute Gasteiger partial charge is 0.303 e. The largest absolute Gasteiger partial charge is 0.481 e.